The van der Waals surface area contributed by atoms with Crippen LogP contribution in [0.1, 0.15) is 24.8 Å². The molecule has 1 unspecified atom stereocenters. The van der Waals surface area contributed by atoms with Gasteiger partial charge in [0.15, 0.2) is 0 Å². The van der Waals surface area contributed by atoms with Crippen molar-refractivity contribution in [3.8, 4) is 0 Å². The van der Waals surface area contributed by atoms with E-state index in [4.69, 9.17) is 0 Å². The quantitative estimate of drug-likeness (QED) is 0.751. The summed E-state index contributed by atoms with van der Waals surface area (Å²) in [5.74, 6) is 0. The summed E-state index contributed by atoms with van der Waals surface area (Å²) in [6.07, 6.45) is 3.17. The molecule has 1 atom stereocenters. The van der Waals surface area contributed by atoms with Gasteiger partial charge in [-0.2, -0.15) is 0 Å². The van der Waals surface area contributed by atoms with E-state index in [1.54, 1.807) is 0 Å². The molecule has 0 aliphatic carbocycles. The van der Waals surface area contributed by atoms with Gasteiger partial charge in [-0.15, -0.1) is 0 Å². The normalized spacial score (nSPS) is 19.9. The lowest BCUT2D eigenvalue weighted by Gasteiger charge is -2.16. The van der Waals surface area contributed by atoms with Crippen LogP contribution in [0.15, 0.2) is 24.3 Å². The van der Waals surface area contributed by atoms with E-state index in [2.05, 4.69) is 16.0 Å². The van der Waals surface area contributed by atoms with Gasteiger partial charge in [-0.3, -0.25) is 0 Å². The van der Waals surface area contributed by atoms with Gasteiger partial charge >= 0.3 is 6.03 Å². The Hall–Kier alpha value is -1.55. The van der Waals surface area contributed by atoms with Gasteiger partial charge in [0, 0.05) is 11.7 Å². The van der Waals surface area contributed by atoms with Gasteiger partial charge in [0.25, 0.3) is 0 Å². The lowest BCUT2D eigenvalue weighted by molar-refractivity contribution is 0.247. The summed E-state index contributed by atoms with van der Waals surface area (Å²) in [6, 6.07) is 8.00. The number of amides is 2. The highest BCUT2D eigenvalue weighted by Gasteiger charge is 2.14. The van der Waals surface area contributed by atoms with Crippen LogP contribution in [0.25, 0.3) is 0 Å². The predicted molar refractivity (Wildman–Crippen MR) is 73.8 cm³/mol. The molecule has 1 heterocycles. The highest BCUT2D eigenvalue weighted by atomic mass is 16.2. The van der Waals surface area contributed by atoms with Crippen LogP contribution in [0.2, 0.25) is 0 Å². The van der Waals surface area contributed by atoms with Crippen LogP contribution < -0.4 is 16.0 Å². The molecule has 1 saturated heterocycles. The Morgan fingerprint density at radius 1 is 1.22 bits per heavy atom. The molecule has 98 valence electrons. The molecule has 1 aliphatic rings. The van der Waals surface area contributed by atoms with Crippen molar-refractivity contribution in [2.75, 3.05) is 18.4 Å². The smallest absolute Gasteiger partial charge is 0.319 e. The Kier molecular flexibility index (Phi) is 4.59. The maximum Gasteiger partial charge on any atom is 0.319 e. The standard InChI is InChI=1S/C14H21N3O/c1-11-4-6-13(7-5-11)17-14(18)16-12-3-2-9-15-10-8-12/h4-7,12,15H,2-3,8-10H2,1H3,(H2,16,17,18). The number of nitrogens with one attached hydrogen (secondary N) is 3. The fourth-order valence-corrected chi connectivity index (χ4v) is 2.15. The third-order valence-corrected chi connectivity index (χ3v) is 3.22. The first-order valence-corrected chi connectivity index (χ1v) is 6.59. The van der Waals surface area contributed by atoms with Gasteiger partial charge in [0.05, 0.1) is 0 Å². The van der Waals surface area contributed by atoms with Crippen molar-refractivity contribution in [3.63, 3.8) is 0 Å². The zero-order valence-corrected chi connectivity index (χ0v) is 10.8. The van der Waals surface area contributed by atoms with Crippen LogP contribution in [-0.2, 0) is 0 Å². The summed E-state index contributed by atoms with van der Waals surface area (Å²) >= 11 is 0. The van der Waals surface area contributed by atoms with Crippen LogP contribution in [0, 0.1) is 6.92 Å². The highest BCUT2D eigenvalue weighted by molar-refractivity contribution is 5.89. The molecule has 1 aromatic rings. The van der Waals surface area contributed by atoms with Crippen molar-refractivity contribution in [3.05, 3.63) is 29.8 Å². The second-order valence-corrected chi connectivity index (χ2v) is 4.84. The lowest BCUT2D eigenvalue weighted by Crippen LogP contribution is -2.38. The molecule has 18 heavy (non-hydrogen) atoms. The third-order valence-electron chi connectivity index (χ3n) is 3.22. The first-order valence-electron chi connectivity index (χ1n) is 6.59. The summed E-state index contributed by atoms with van der Waals surface area (Å²) in [5.41, 5.74) is 2.03. The summed E-state index contributed by atoms with van der Waals surface area (Å²) in [5, 5.41) is 9.23. The number of benzene rings is 1. The third kappa shape index (κ3) is 4.04. The first kappa shape index (κ1) is 12.9. The molecule has 1 aromatic carbocycles. The number of rotatable bonds is 2. The van der Waals surface area contributed by atoms with E-state index < -0.39 is 0 Å². The monoisotopic (exact) mass is 247 g/mol. The Morgan fingerprint density at radius 3 is 2.78 bits per heavy atom. The zero-order chi connectivity index (χ0) is 12.8. The molecule has 2 amide bonds. The maximum atomic E-state index is 11.8. The van der Waals surface area contributed by atoms with Crippen LogP contribution in [0.5, 0.6) is 0 Å². The molecule has 4 nitrogen and oxygen atoms in total. The second-order valence-electron chi connectivity index (χ2n) is 4.84. The summed E-state index contributed by atoms with van der Waals surface area (Å²) in [4.78, 5) is 11.8. The maximum absolute atomic E-state index is 11.8. The van der Waals surface area contributed by atoms with Crippen molar-refractivity contribution in [1.82, 2.24) is 10.6 Å². The van der Waals surface area contributed by atoms with Crippen LogP contribution in [0.4, 0.5) is 10.5 Å². The molecular formula is C14H21N3O. The lowest BCUT2D eigenvalue weighted by atomic mass is 10.1. The molecule has 0 bridgehead atoms. The number of anilines is 1. The SMILES string of the molecule is Cc1ccc(NC(=O)NC2CCCNCC2)cc1. The van der Waals surface area contributed by atoms with Gasteiger partial charge in [-0.1, -0.05) is 17.7 Å². The van der Waals surface area contributed by atoms with Crippen molar-refractivity contribution >= 4 is 11.7 Å². The van der Waals surface area contributed by atoms with Crippen molar-refractivity contribution in [2.24, 2.45) is 0 Å². The largest absolute Gasteiger partial charge is 0.335 e. The molecule has 3 N–H and O–H groups in total. The van der Waals surface area contributed by atoms with Gasteiger partial charge in [0.1, 0.15) is 0 Å². The predicted octanol–water partition coefficient (Wildman–Crippen LogP) is 2.26. The second kappa shape index (κ2) is 6.40. The summed E-state index contributed by atoms with van der Waals surface area (Å²) in [6.45, 7) is 4.07. The van der Waals surface area contributed by atoms with Crippen molar-refractivity contribution < 1.29 is 4.79 Å². The zero-order valence-electron chi connectivity index (χ0n) is 10.8. The van der Waals surface area contributed by atoms with E-state index in [-0.39, 0.29) is 12.1 Å². The number of carbonyl (C=O) groups is 1. The molecule has 0 radical (unpaired) electrons. The van der Waals surface area contributed by atoms with Gasteiger partial charge in [0.2, 0.25) is 0 Å². The van der Waals surface area contributed by atoms with Gasteiger partial charge in [-0.05, 0) is 51.4 Å². The van der Waals surface area contributed by atoms with Gasteiger partial charge in [-0.25, -0.2) is 4.79 Å². The average Bonchev–Trinajstić information content (AvgIpc) is 2.61. The number of aryl methyl sites for hydroxylation is 1. The molecule has 0 aromatic heterocycles. The highest BCUT2D eigenvalue weighted by Crippen LogP contribution is 2.09. The number of hydrogen-bond donors (Lipinski definition) is 3. The Balaban J connectivity index is 1.82. The van der Waals surface area contributed by atoms with Crippen LogP contribution >= 0.6 is 0 Å². The van der Waals surface area contributed by atoms with E-state index in [1.807, 2.05) is 31.2 Å². The molecule has 0 saturated carbocycles. The van der Waals surface area contributed by atoms with E-state index in [0.717, 1.165) is 38.0 Å². The minimum Gasteiger partial charge on any atom is -0.335 e. The average molecular weight is 247 g/mol. The summed E-state index contributed by atoms with van der Waals surface area (Å²) in [7, 11) is 0. The fraction of sp³-hybridized carbons (Fsp3) is 0.500. The molecule has 2 rings (SSSR count). The Bertz CT molecular complexity index is 381. The van der Waals surface area contributed by atoms with E-state index in [0.29, 0.717) is 0 Å². The minimum absolute atomic E-state index is 0.106. The summed E-state index contributed by atoms with van der Waals surface area (Å²) < 4.78 is 0. The molecular weight excluding hydrogens is 226 g/mol. The van der Waals surface area contributed by atoms with Crippen molar-refractivity contribution in [1.29, 1.82) is 0 Å². The number of hydrogen-bond acceptors (Lipinski definition) is 2. The van der Waals surface area contributed by atoms with E-state index in [1.165, 1.54) is 5.56 Å². The van der Waals surface area contributed by atoms with E-state index in [9.17, 15) is 4.79 Å². The Labute approximate surface area is 108 Å². The van der Waals surface area contributed by atoms with E-state index >= 15 is 0 Å². The van der Waals surface area contributed by atoms with Crippen LogP contribution in [-0.4, -0.2) is 25.2 Å². The number of carbonyl (C=O) groups excluding carboxylic acids is 1. The topological polar surface area (TPSA) is 53.2 Å². The Morgan fingerprint density at radius 2 is 2.00 bits per heavy atom. The molecule has 0 spiro atoms. The first-order chi connectivity index (χ1) is 8.74. The molecule has 1 aliphatic heterocycles. The molecule has 1 fully saturated rings. The van der Waals surface area contributed by atoms with Gasteiger partial charge < -0.3 is 16.0 Å². The van der Waals surface area contributed by atoms with Crippen molar-refractivity contribution in [2.45, 2.75) is 32.2 Å². The molecule has 4 heteroatoms. The fourth-order valence-electron chi connectivity index (χ4n) is 2.15. The minimum atomic E-state index is -0.106. The van der Waals surface area contributed by atoms with Crippen LogP contribution in [0.3, 0.4) is 0 Å². The number of urea groups is 1.